The van der Waals surface area contributed by atoms with E-state index in [9.17, 15) is 14.9 Å². The Labute approximate surface area is 199 Å². The number of hydrogen-bond acceptors (Lipinski definition) is 5. The van der Waals surface area contributed by atoms with E-state index in [1.807, 2.05) is 30.5 Å². The van der Waals surface area contributed by atoms with Gasteiger partial charge in [-0.2, -0.15) is 5.10 Å². The van der Waals surface area contributed by atoms with E-state index in [-0.39, 0.29) is 17.3 Å². The molecule has 166 valence electrons. The van der Waals surface area contributed by atoms with Gasteiger partial charge in [0.25, 0.3) is 5.69 Å². The van der Waals surface area contributed by atoms with Gasteiger partial charge in [0, 0.05) is 39.9 Å². The highest BCUT2D eigenvalue weighted by Gasteiger charge is 2.12. The fourth-order valence-corrected chi connectivity index (χ4v) is 4.41. The molecule has 32 heavy (non-hydrogen) atoms. The zero-order chi connectivity index (χ0) is 23.3. The number of carbonyl (C=O) groups is 1. The van der Waals surface area contributed by atoms with Crippen molar-refractivity contribution in [2.75, 3.05) is 5.75 Å². The second-order valence-electron chi connectivity index (χ2n) is 6.97. The number of non-ortho nitro benzene ring substituents is 1. The van der Waals surface area contributed by atoms with Gasteiger partial charge in [-0.1, -0.05) is 35.3 Å². The first-order chi connectivity index (χ1) is 15.3. The van der Waals surface area contributed by atoms with Crippen LogP contribution in [-0.2, 0) is 10.5 Å². The Balaban J connectivity index is 1.55. The molecular formula is C22H20Cl2N4O3S. The molecule has 10 heteroatoms. The molecule has 0 saturated heterocycles. The molecule has 0 radical (unpaired) electrons. The lowest BCUT2D eigenvalue weighted by Crippen LogP contribution is -2.19. The number of nitro benzene ring substituents is 1. The molecule has 1 heterocycles. The summed E-state index contributed by atoms with van der Waals surface area (Å²) in [6, 6.07) is 13.6. The van der Waals surface area contributed by atoms with Crippen molar-refractivity contribution in [2.24, 2.45) is 5.10 Å². The number of carbonyl (C=O) groups excluding carboxylic acids is 1. The molecule has 0 spiro atoms. The molecule has 0 saturated carbocycles. The summed E-state index contributed by atoms with van der Waals surface area (Å²) in [5, 5.41) is 15.9. The van der Waals surface area contributed by atoms with Crippen molar-refractivity contribution in [1.82, 2.24) is 9.99 Å². The molecule has 0 bridgehead atoms. The van der Waals surface area contributed by atoms with Crippen LogP contribution < -0.4 is 5.43 Å². The van der Waals surface area contributed by atoms with Gasteiger partial charge < -0.3 is 4.57 Å². The number of nitrogens with zero attached hydrogens (tertiary/aromatic N) is 3. The Bertz CT molecular complexity index is 1180. The number of aromatic nitrogens is 1. The van der Waals surface area contributed by atoms with E-state index in [0.717, 1.165) is 28.2 Å². The maximum absolute atomic E-state index is 12.1. The van der Waals surface area contributed by atoms with Crippen molar-refractivity contribution in [3.8, 4) is 5.69 Å². The van der Waals surface area contributed by atoms with Crippen LogP contribution >= 0.6 is 35.0 Å². The maximum Gasteiger partial charge on any atom is 0.269 e. The lowest BCUT2D eigenvalue weighted by atomic mass is 10.2. The number of hydrogen-bond donors (Lipinski definition) is 1. The van der Waals surface area contributed by atoms with E-state index in [0.29, 0.717) is 15.8 Å². The quantitative estimate of drug-likeness (QED) is 0.249. The van der Waals surface area contributed by atoms with Gasteiger partial charge in [-0.25, -0.2) is 5.43 Å². The van der Waals surface area contributed by atoms with Crippen molar-refractivity contribution in [2.45, 2.75) is 19.6 Å². The molecule has 1 N–H and O–H groups in total. The summed E-state index contributed by atoms with van der Waals surface area (Å²) in [6.07, 6.45) is 1.60. The minimum atomic E-state index is -0.441. The summed E-state index contributed by atoms with van der Waals surface area (Å²) in [6.45, 7) is 3.91. The van der Waals surface area contributed by atoms with Gasteiger partial charge in [0.15, 0.2) is 0 Å². The van der Waals surface area contributed by atoms with Gasteiger partial charge in [-0.3, -0.25) is 14.9 Å². The Morgan fingerprint density at radius 2 is 1.91 bits per heavy atom. The van der Waals surface area contributed by atoms with Gasteiger partial charge >= 0.3 is 0 Å². The average molecular weight is 491 g/mol. The molecule has 0 aliphatic heterocycles. The van der Waals surface area contributed by atoms with Crippen molar-refractivity contribution >= 4 is 52.8 Å². The molecule has 3 rings (SSSR count). The molecule has 7 nitrogen and oxygen atoms in total. The van der Waals surface area contributed by atoms with Crippen LogP contribution in [0.25, 0.3) is 5.69 Å². The summed E-state index contributed by atoms with van der Waals surface area (Å²) in [5.41, 5.74) is 7.05. The maximum atomic E-state index is 12.1. The normalized spacial score (nSPS) is 11.1. The highest BCUT2D eigenvalue weighted by atomic mass is 35.5. The highest BCUT2D eigenvalue weighted by Crippen LogP contribution is 2.28. The van der Waals surface area contributed by atoms with Crippen molar-refractivity contribution < 1.29 is 9.72 Å². The third kappa shape index (κ3) is 5.91. The lowest BCUT2D eigenvalue weighted by Gasteiger charge is -2.11. The van der Waals surface area contributed by atoms with Crippen LogP contribution in [0.3, 0.4) is 0 Å². The fraction of sp³-hybridized carbons (Fsp3) is 0.182. The number of thioether (sulfide) groups is 1. The van der Waals surface area contributed by atoms with Crippen LogP contribution in [0.1, 0.15) is 22.5 Å². The molecule has 0 aliphatic rings. The number of nitrogens with one attached hydrogen (secondary N) is 1. The number of hydrazone groups is 1. The van der Waals surface area contributed by atoms with E-state index in [4.69, 9.17) is 23.2 Å². The standard InChI is InChI=1S/C22H20Cl2N4O3S/c1-14-9-17(15(2)27(14)21-8-5-18(23)10-20(21)24)11-25-26-22(29)13-32-12-16-3-6-19(7-4-16)28(30)31/h3-11H,12-13H2,1-2H3,(H,26,29)/b25-11-. The number of aryl methyl sites for hydroxylation is 1. The van der Waals surface area contributed by atoms with Crippen LogP contribution in [0.2, 0.25) is 10.0 Å². The Morgan fingerprint density at radius 1 is 1.19 bits per heavy atom. The predicted octanol–water partition coefficient (Wildman–Crippen LogP) is 5.69. The van der Waals surface area contributed by atoms with E-state index in [2.05, 4.69) is 10.5 Å². The number of benzene rings is 2. The van der Waals surface area contributed by atoms with Crippen molar-refractivity contribution in [1.29, 1.82) is 0 Å². The van der Waals surface area contributed by atoms with Gasteiger partial charge in [-0.15, -0.1) is 11.8 Å². The van der Waals surface area contributed by atoms with Crippen LogP contribution in [-0.4, -0.2) is 27.4 Å². The van der Waals surface area contributed by atoms with E-state index < -0.39 is 4.92 Å². The predicted molar refractivity (Wildman–Crippen MR) is 130 cm³/mol. The SMILES string of the molecule is Cc1cc(/C=N\NC(=O)CSCc2ccc([N+](=O)[O-])cc2)c(C)n1-c1ccc(Cl)cc1Cl. The zero-order valence-electron chi connectivity index (χ0n) is 17.3. The molecule has 0 unspecified atom stereocenters. The summed E-state index contributed by atoms with van der Waals surface area (Å²) >= 11 is 13.7. The van der Waals surface area contributed by atoms with Crippen molar-refractivity contribution in [3.63, 3.8) is 0 Å². The third-order valence-corrected chi connectivity index (χ3v) is 6.20. The monoisotopic (exact) mass is 490 g/mol. The number of amides is 1. The molecule has 0 aliphatic carbocycles. The molecule has 0 fully saturated rings. The summed E-state index contributed by atoms with van der Waals surface area (Å²) in [4.78, 5) is 22.3. The molecule has 3 aromatic rings. The second kappa shape index (κ2) is 10.7. The molecule has 2 aromatic carbocycles. The highest BCUT2D eigenvalue weighted by molar-refractivity contribution is 7.99. The minimum absolute atomic E-state index is 0.0449. The molecule has 0 atom stereocenters. The van der Waals surface area contributed by atoms with Crippen LogP contribution in [0.15, 0.2) is 53.6 Å². The first-order valence-electron chi connectivity index (χ1n) is 9.53. The molecule has 1 amide bonds. The summed E-state index contributed by atoms with van der Waals surface area (Å²) in [5.74, 6) is 0.550. The summed E-state index contributed by atoms with van der Waals surface area (Å²) in [7, 11) is 0. The molecule has 1 aromatic heterocycles. The Hall–Kier alpha value is -2.81. The van der Waals surface area contributed by atoms with Gasteiger partial charge in [0.2, 0.25) is 5.91 Å². The van der Waals surface area contributed by atoms with Gasteiger partial charge in [-0.05, 0) is 43.7 Å². The number of halogens is 2. The smallest absolute Gasteiger partial charge is 0.269 e. The van der Waals surface area contributed by atoms with Gasteiger partial charge in [0.05, 0.1) is 27.6 Å². The third-order valence-electron chi connectivity index (χ3n) is 4.66. The molecular weight excluding hydrogens is 471 g/mol. The van der Waals surface area contributed by atoms with Crippen LogP contribution in [0, 0.1) is 24.0 Å². The fourth-order valence-electron chi connectivity index (χ4n) is 3.13. The average Bonchev–Trinajstić information content (AvgIpc) is 3.02. The topological polar surface area (TPSA) is 89.5 Å². The first kappa shape index (κ1) is 23.8. The van der Waals surface area contributed by atoms with Crippen LogP contribution in [0.5, 0.6) is 0 Å². The Morgan fingerprint density at radius 3 is 2.56 bits per heavy atom. The van der Waals surface area contributed by atoms with E-state index >= 15 is 0 Å². The zero-order valence-corrected chi connectivity index (χ0v) is 19.7. The van der Waals surface area contributed by atoms with Crippen molar-refractivity contribution in [3.05, 3.63) is 91.2 Å². The largest absolute Gasteiger partial charge is 0.316 e. The minimum Gasteiger partial charge on any atom is -0.316 e. The van der Waals surface area contributed by atoms with Gasteiger partial charge in [0.1, 0.15) is 0 Å². The lowest BCUT2D eigenvalue weighted by molar-refractivity contribution is -0.384. The second-order valence-corrected chi connectivity index (χ2v) is 8.80. The number of rotatable bonds is 8. The van der Waals surface area contributed by atoms with E-state index in [1.165, 1.54) is 23.9 Å². The van der Waals surface area contributed by atoms with Crippen LogP contribution in [0.4, 0.5) is 5.69 Å². The first-order valence-corrected chi connectivity index (χ1v) is 11.4. The number of nitro groups is 1. The Kier molecular flexibility index (Phi) is 7.95. The summed E-state index contributed by atoms with van der Waals surface area (Å²) < 4.78 is 2.00. The van der Waals surface area contributed by atoms with E-state index in [1.54, 1.807) is 30.5 Å².